The number of aryl methyl sites for hydroxylation is 1. The lowest BCUT2D eigenvalue weighted by atomic mass is 10.1. The summed E-state index contributed by atoms with van der Waals surface area (Å²) in [7, 11) is 2.85. The zero-order valence-electron chi connectivity index (χ0n) is 15.5. The van der Waals surface area contributed by atoms with Crippen LogP contribution in [0.2, 0.25) is 0 Å². The Hall–Kier alpha value is -2.87. The zero-order valence-corrected chi connectivity index (χ0v) is 16.3. The molecule has 1 unspecified atom stereocenters. The Morgan fingerprint density at radius 2 is 1.85 bits per heavy atom. The number of carbonyl (C=O) groups is 3. The van der Waals surface area contributed by atoms with Crippen LogP contribution in [0.4, 0.5) is 10.7 Å². The van der Waals surface area contributed by atoms with Crippen molar-refractivity contribution in [2.75, 3.05) is 24.4 Å². The van der Waals surface area contributed by atoms with Crippen molar-refractivity contribution in [2.24, 2.45) is 0 Å². The van der Waals surface area contributed by atoms with Crippen molar-refractivity contribution >= 4 is 39.8 Å². The molecule has 27 heavy (non-hydrogen) atoms. The van der Waals surface area contributed by atoms with Gasteiger partial charge in [0.25, 0.3) is 5.91 Å². The maximum Gasteiger partial charge on any atom is 0.341 e. The van der Waals surface area contributed by atoms with Gasteiger partial charge in [0.1, 0.15) is 16.8 Å². The molecule has 8 heteroatoms. The van der Waals surface area contributed by atoms with E-state index in [1.54, 1.807) is 38.3 Å². The van der Waals surface area contributed by atoms with E-state index in [0.29, 0.717) is 22.0 Å². The van der Waals surface area contributed by atoms with E-state index < -0.39 is 12.0 Å². The smallest absolute Gasteiger partial charge is 0.341 e. The topological polar surface area (TPSA) is 84.9 Å². The van der Waals surface area contributed by atoms with E-state index >= 15 is 0 Å². The van der Waals surface area contributed by atoms with Crippen molar-refractivity contribution in [2.45, 2.75) is 26.3 Å². The molecule has 2 heterocycles. The third kappa shape index (κ3) is 3.40. The first kappa shape index (κ1) is 18.9. The van der Waals surface area contributed by atoms with Crippen LogP contribution in [-0.2, 0) is 14.3 Å². The first-order valence-electron chi connectivity index (χ1n) is 8.33. The number of esters is 1. The standard InChI is InChI=1S/C19H20N2O5S/c1-10-11(2)27-18(16(10)19(24)26-4)21-15(22)9-14(17(21)23)20-12-5-7-13(25-3)8-6-12/h5-8,14,20H,9H2,1-4H3. The predicted molar refractivity (Wildman–Crippen MR) is 103 cm³/mol. The Morgan fingerprint density at radius 1 is 1.19 bits per heavy atom. The van der Waals surface area contributed by atoms with Gasteiger partial charge in [-0.2, -0.15) is 0 Å². The summed E-state index contributed by atoms with van der Waals surface area (Å²) in [5.41, 5.74) is 1.69. The first-order chi connectivity index (χ1) is 12.9. The second-order valence-corrected chi connectivity index (χ2v) is 7.36. The largest absolute Gasteiger partial charge is 0.497 e. The SMILES string of the molecule is COC(=O)c1c(N2C(=O)CC(Nc3ccc(OC)cc3)C2=O)sc(C)c1C. The van der Waals surface area contributed by atoms with Gasteiger partial charge >= 0.3 is 5.97 Å². The number of imide groups is 1. The van der Waals surface area contributed by atoms with Crippen molar-refractivity contribution in [3.63, 3.8) is 0 Å². The van der Waals surface area contributed by atoms with Gasteiger partial charge in [-0.15, -0.1) is 11.3 Å². The molecule has 1 atom stereocenters. The van der Waals surface area contributed by atoms with Gasteiger partial charge in [0.15, 0.2) is 0 Å². The summed E-state index contributed by atoms with van der Waals surface area (Å²) in [5.74, 6) is -0.595. The van der Waals surface area contributed by atoms with Crippen LogP contribution in [0, 0.1) is 13.8 Å². The Bertz CT molecular complexity index is 904. The van der Waals surface area contributed by atoms with E-state index in [4.69, 9.17) is 9.47 Å². The van der Waals surface area contributed by atoms with Gasteiger partial charge in [0.05, 0.1) is 26.2 Å². The van der Waals surface area contributed by atoms with Gasteiger partial charge < -0.3 is 14.8 Å². The zero-order chi connectivity index (χ0) is 19.7. The number of thiophene rings is 1. The fourth-order valence-electron chi connectivity index (χ4n) is 2.96. The summed E-state index contributed by atoms with van der Waals surface area (Å²) in [6.07, 6.45) is 0.0153. The second kappa shape index (κ2) is 7.40. The number of hydrogen-bond acceptors (Lipinski definition) is 7. The van der Waals surface area contributed by atoms with Crippen LogP contribution < -0.4 is 15.0 Å². The number of methoxy groups -OCH3 is 2. The highest BCUT2D eigenvalue weighted by Crippen LogP contribution is 2.38. The molecule has 2 aromatic rings. The van der Waals surface area contributed by atoms with Crippen LogP contribution in [0.1, 0.15) is 27.2 Å². The summed E-state index contributed by atoms with van der Waals surface area (Å²) in [6, 6.07) is 6.39. The Labute approximate surface area is 160 Å². The van der Waals surface area contributed by atoms with Crippen molar-refractivity contribution in [3.8, 4) is 5.75 Å². The van der Waals surface area contributed by atoms with Gasteiger partial charge in [-0.3, -0.25) is 9.59 Å². The first-order valence-corrected chi connectivity index (χ1v) is 9.14. The molecule has 142 valence electrons. The summed E-state index contributed by atoms with van der Waals surface area (Å²) in [4.78, 5) is 39.6. The molecule has 1 saturated heterocycles. The van der Waals surface area contributed by atoms with Crippen molar-refractivity contribution in [1.82, 2.24) is 0 Å². The van der Waals surface area contributed by atoms with Crippen molar-refractivity contribution < 1.29 is 23.9 Å². The Morgan fingerprint density at radius 3 is 2.44 bits per heavy atom. The molecule has 0 radical (unpaired) electrons. The van der Waals surface area contributed by atoms with E-state index in [0.717, 1.165) is 9.78 Å². The number of nitrogens with one attached hydrogen (secondary N) is 1. The monoisotopic (exact) mass is 388 g/mol. The highest BCUT2D eigenvalue weighted by atomic mass is 32.1. The lowest BCUT2D eigenvalue weighted by Crippen LogP contribution is -2.35. The van der Waals surface area contributed by atoms with Crippen LogP contribution >= 0.6 is 11.3 Å². The summed E-state index contributed by atoms with van der Waals surface area (Å²) in [5, 5.41) is 3.40. The molecule has 1 aliphatic heterocycles. The maximum absolute atomic E-state index is 12.9. The van der Waals surface area contributed by atoms with Gasteiger partial charge in [0, 0.05) is 10.6 Å². The van der Waals surface area contributed by atoms with Gasteiger partial charge in [-0.1, -0.05) is 0 Å². The number of benzene rings is 1. The van der Waals surface area contributed by atoms with E-state index in [1.807, 2.05) is 6.92 Å². The third-order valence-electron chi connectivity index (χ3n) is 4.54. The van der Waals surface area contributed by atoms with E-state index in [1.165, 1.54) is 18.4 Å². The predicted octanol–water partition coefficient (Wildman–Crippen LogP) is 2.90. The van der Waals surface area contributed by atoms with E-state index in [2.05, 4.69) is 5.32 Å². The molecule has 0 bridgehead atoms. The van der Waals surface area contributed by atoms with Crippen molar-refractivity contribution in [1.29, 1.82) is 0 Å². The minimum atomic E-state index is -0.695. The highest BCUT2D eigenvalue weighted by Gasteiger charge is 2.42. The Balaban J connectivity index is 1.88. The maximum atomic E-state index is 12.9. The molecular weight excluding hydrogens is 368 g/mol. The molecule has 2 amide bonds. The third-order valence-corrected chi connectivity index (χ3v) is 5.73. The van der Waals surface area contributed by atoms with Crippen LogP contribution in [0.5, 0.6) is 5.75 Å². The molecule has 0 spiro atoms. The number of anilines is 2. The van der Waals surface area contributed by atoms with Gasteiger partial charge in [0.2, 0.25) is 5.91 Å². The molecule has 1 N–H and O–H groups in total. The van der Waals surface area contributed by atoms with E-state index in [-0.39, 0.29) is 23.8 Å². The van der Waals surface area contributed by atoms with Crippen LogP contribution in [0.15, 0.2) is 24.3 Å². The van der Waals surface area contributed by atoms with Crippen molar-refractivity contribution in [3.05, 3.63) is 40.3 Å². The fraction of sp³-hybridized carbons (Fsp3) is 0.316. The number of nitrogens with zero attached hydrogens (tertiary/aromatic N) is 1. The normalized spacial score (nSPS) is 16.6. The average molecular weight is 388 g/mol. The number of amides is 2. The summed E-state index contributed by atoms with van der Waals surface area (Å²) < 4.78 is 9.95. The lowest BCUT2D eigenvalue weighted by molar-refractivity contribution is -0.121. The molecule has 1 fully saturated rings. The lowest BCUT2D eigenvalue weighted by Gasteiger charge is -2.16. The Kier molecular flexibility index (Phi) is 5.18. The quantitative estimate of drug-likeness (QED) is 0.626. The van der Waals surface area contributed by atoms with Crippen LogP contribution in [-0.4, -0.2) is 38.0 Å². The number of ether oxygens (including phenoxy) is 2. The van der Waals surface area contributed by atoms with Crippen LogP contribution in [0.3, 0.4) is 0 Å². The second-order valence-electron chi connectivity index (χ2n) is 6.15. The fourth-order valence-corrected chi connectivity index (χ4v) is 4.12. The molecule has 7 nitrogen and oxygen atoms in total. The van der Waals surface area contributed by atoms with Gasteiger partial charge in [-0.05, 0) is 43.7 Å². The molecule has 1 aliphatic rings. The molecule has 1 aromatic heterocycles. The number of rotatable bonds is 5. The number of carbonyl (C=O) groups excluding carboxylic acids is 3. The average Bonchev–Trinajstić information content (AvgIpc) is 3.10. The molecule has 0 saturated carbocycles. The summed E-state index contributed by atoms with van der Waals surface area (Å²) in [6.45, 7) is 3.62. The van der Waals surface area contributed by atoms with Gasteiger partial charge in [-0.25, -0.2) is 9.69 Å². The minimum absolute atomic E-state index is 0.0153. The summed E-state index contributed by atoms with van der Waals surface area (Å²) >= 11 is 1.24. The highest BCUT2D eigenvalue weighted by molar-refractivity contribution is 7.17. The molecular formula is C19H20N2O5S. The molecule has 1 aromatic carbocycles. The number of hydrogen-bond donors (Lipinski definition) is 1. The van der Waals surface area contributed by atoms with Crippen LogP contribution in [0.25, 0.3) is 0 Å². The minimum Gasteiger partial charge on any atom is -0.497 e. The molecule has 3 rings (SSSR count). The molecule has 0 aliphatic carbocycles. The van der Waals surface area contributed by atoms with E-state index in [9.17, 15) is 14.4 Å².